The van der Waals surface area contributed by atoms with Gasteiger partial charge in [0.1, 0.15) is 5.75 Å². The molecule has 0 aliphatic rings. The third-order valence-electron chi connectivity index (χ3n) is 4.54. The van der Waals surface area contributed by atoms with Crippen molar-refractivity contribution in [2.45, 2.75) is 20.4 Å². The van der Waals surface area contributed by atoms with E-state index in [9.17, 15) is 14.9 Å². The van der Waals surface area contributed by atoms with E-state index in [1.54, 1.807) is 0 Å². The first-order valence-corrected chi connectivity index (χ1v) is 9.01. The number of para-hydroxylation sites is 3. The Morgan fingerprint density at radius 1 is 1.07 bits per heavy atom. The fourth-order valence-electron chi connectivity index (χ4n) is 3.00. The zero-order valence-electron chi connectivity index (χ0n) is 16.1. The van der Waals surface area contributed by atoms with Gasteiger partial charge in [-0.25, -0.2) is 0 Å². The molecule has 148 valence electrons. The second-order valence-electron chi connectivity index (χ2n) is 6.64. The number of nitrogens with one attached hydrogen (secondary N) is 1. The highest BCUT2D eigenvalue weighted by Gasteiger charge is 2.17. The number of primary amides is 1. The van der Waals surface area contributed by atoms with Gasteiger partial charge in [0.15, 0.2) is 5.75 Å². The van der Waals surface area contributed by atoms with Gasteiger partial charge in [-0.15, -0.1) is 0 Å². The van der Waals surface area contributed by atoms with Gasteiger partial charge >= 0.3 is 0 Å². The average molecular weight is 391 g/mol. The molecule has 3 N–H and O–H groups in total. The standard InChI is InChI=1S/C22H21N3O4/c1-14-6-5-7-15(2)21(14)29-20-9-4-3-8-18(20)24-13-17-11-10-16(22(23)26)12-19(17)25(27)28/h3-12,24H,13H2,1-2H3,(H2,23,26). The van der Waals surface area contributed by atoms with Gasteiger partial charge in [-0.1, -0.05) is 30.3 Å². The molecule has 0 unspecified atom stereocenters. The van der Waals surface area contributed by atoms with Gasteiger partial charge in [-0.05, 0) is 49.2 Å². The van der Waals surface area contributed by atoms with Crippen molar-refractivity contribution in [3.05, 3.63) is 93.0 Å². The predicted octanol–water partition coefficient (Wildman–Crippen LogP) is 4.71. The number of hydrogen-bond donors (Lipinski definition) is 2. The van der Waals surface area contributed by atoms with Gasteiger partial charge in [0.05, 0.1) is 10.6 Å². The van der Waals surface area contributed by atoms with Crippen LogP contribution in [0.4, 0.5) is 11.4 Å². The first-order chi connectivity index (χ1) is 13.9. The number of nitrogens with two attached hydrogens (primary N) is 1. The van der Waals surface area contributed by atoms with Crippen molar-refractivity contribution >= 4 is 17.3 Å². The molecule has 0 heterocycles. The summed E-state index contributed by atoms with van der Waals surface area (Å²) in [5.74, 6) is 0.680. The van der Waals surface area contributed by atoms with Crippen LogP contribution >= 0.6 is 0 Å². The van der Waals surface area contributed by atoms with Crippen molar-refractivity contribution in [1.29, 1.82) is 0 Å². The number of carbonyl (C=O) groups is 1. The highest BCUT2D eigenvalue weighted by Crippen LogP contribution is 2.34. The highest BCUT2D eigenvalue weighted by molar-refractivity contribution is 5.93. The minimum absolute atomic E-state index is 0.0965. The number of rotatable bonds is 7. The van der Waals surface area contributed by atoms with Crippen molar-refractivity contribution in [2.24, 2.45) is 5.73 Å². The van der Waals surface area contributed by atoms with Crippen LogP contribution in [-0.2, 0) is 6.54 Å². The van der Waals surface area contributed by atoms with Crippen LogP contribution < -0.4 is 15.8 Å². The molecule has 7 heteroatoms. The molecule has 0 aliphatic heterocycles. The average Bonchev–Trinajstić information content (AvgIpc) is 2.69. The molecular formula is C22H21N3O4. The van der Waals surface area contributed by atoms with E-state index in [4.69, 9.17) is 10.5 Å². The van der Waals surface area contributed by atoms with Crippen LogP contribution in [0.15, 0.2) is 60.7 Å². The summed E-state index contributed by atoms with van der Waals surface area (Å²) in [5.41, 5.74) is 8.31. The van der Waals surface area contributed by atoms with Crippen LogP contribution in [0.3, 0.4) is 0 Å². The van der Waals surface area contributed by atoms with Gasteiger partial charge in [0.25, 0.3) is 5.69 Å². The number of nitrogens with zero attached hydrogens (tertiary/aromatic N) is 1. The lowest BCUT2D eigenvalue weighted by atomic mass is 10.1. The SMILES string of the molecule is Cc1cccc(C)c1Oc1ccccc1NCc1ccc(C(N)=O)cc1[N+](=O)[O-]. The summed E-state index contributed by atoms with van der Waals surface area (Å²) in [6.45, 7) is 4.13. The molecule has 0 aliphatic carbocycles. The van der Waals surface area contributed by atoms with Crippen LogP contribution in [0.1, 0.15) is 27.0 Å². The van der Waals surface area contributed by atoms with Gasteiger partial charge < -0.3 is 15.8 Å². The molecular weight excluding hydrogens is 370 g/mol. The Morgan fingerprint density at radius 3 is 2.41 bits per heavy atom. The van der Waals surface area contributed by atoms with Crippen molar-refractivity contribution in [3.63, 3.8) is 0 Å². The van der Waals surface area contributed by atoms with E-state index in [0.717, 1.165) is 16.9 Å². The Balaban J connectivity index is 1.86. The second kappa shape index (κ2) is 8.43. The fraction of sp³-hybridized carbons (Fsp3) is 0.136. The number of benzene rings is 3. The topological polar surface area (TPSA) is 107 Å². The zero-order valence-corrected chi connectivity index (χ0v) is 16.1. The Hall–Kier alpha value is -3.87. The first kappa shape index (κ1) is 19.9. The van der Waals surface area contributed by atoms with E-state index in [1.807, 2.05) is 56.3 Å². The summed E-state index contributed by atoms with van der Waals surface area (Å²) in [6, 6.07) is 17.5. The van der Waals surface area contributed by atoms with Gasteiger partial charge in [0.2, 0.25) is 5.91 Å². The summed E-state index contributed by atoms with van der Waals surface area (Å²) in [7, 11) is 0. The molecule has 0 radical (unpaired) electrons. The number of nitro groups is 1. The molecule has 3 aromatic rings. The number of ether oxygens (including phenoxy) is 1. The van der Waals surface area contributed by atoms with E-state index in [1.165, 1.54) is 18.2 Å². The van der Waals surface area contributed by atoms with E-state index < -0.39 is 10.8 Å². The number of hydrogen-bond acceptors (Lipinski definition) is 5. The van der Waals surface area contributed by atoms with Crippen molar-refractivity contribution in [1.82, 2.24) is 0 Å². The van der Waals surface area contributed by atoms with Crippen LogP contribution in [0.2, 0.25) is 0 Å². The molecule has 3 aromatic carbocycles. The van der Waals surface area contributed by atoms with Crippen molar-refractivity contribution in [3.8, 4) is 11.5 Å². The Kier molecular flexibility index (Phi) is 5.78. The summed E-state index contributed by atoms with van der Waals surface area (Å²) < 4.78 is 6.13. The van der Waals surface area contributed by atoms with Gasteiger partial charge in [-0.3, -0.25) is 14.9 Å². The normalized spacial score (nSPS) is 10.4. The molecule has 0 saturated heterocycles. The maximum atomic E-state index is 11.4. The summed E-state index contributed by atoms with van der Waals surface area (Å²) in [5, 5.41) is 14.6. The third-order valence-corrected chi connectivity index (χ3v) is 4.54. The van der Waals surface area contributed by atoms with Crippen molar-refractivity contribution in [2.75, 3.05) is 5.32 Å². The Labute approximate surface area is 168 Å². The van der Waals surface area contributed by atoms with Crippen LogP contribution in [0, 0.1) is 24.0 Å². The summed E-state index contributed by atoms with van der Waals surface area (Å²) in [6.07, 6.45) is 0. The molecule has 3 rings (SSSR count). The molecule has 0 fully saturated rings. The maximum absolute atomic E-state index is 11.4. The van der Waals surface area contributed by atoms with Gasteiger partial charge in [0, 0.05) is 23.7 Å². The van der Waals surface area contributed by atoms with E-state index in [-0.39, 0.29) is 17.8 Å². The molecule has 0 aromatic heterocycles. The maximum Gasteiger partial charge on any atom is 0.275 e. The molecule has 0 bridgehead atoms. The number of amides is 1. The molecule has 1 amide bonds. The summed E-state index contributed by atoms with van der Waals surface area (Å²) >= 11 is 0. The van der Waals surface area contributed by atoms with E-state index >= 15 is 0 Å². The molecule has 0 saturated carbocycles. The Morgan fingerprint density at radius 2 is 1.76 bits per heavy atom. The van der Waals surface area contributed by atoms with Gasteiger partial charge in [-0.2, -0.15) is 0 Å². The number of carbonyl (C=O) groups excluding carboxylic acids is 1. The quantitative estimate of drug-likeness (QED) is 0.448. The predicted molar refractivity (Wildman–Crippen MR) is 111 cm³/mol. The van der Waals surface area contributed by atoms with Crippen LogP contribution in [-0.4, -0.2) is 10.8 Å². The molecule has 0 spiro atoms. The Bertz CT molecular complexity index is 1060. The second-order valence-corrected chi connectivity index (χ2v) is 6.64. The lowest BCUT2D eigenvalue weighted by Crippen LogP contribution is -2.12. The lowest BCUT2D eigenvalue weighted by molar-refractivity contribution is -0.385. The molecule has 7 nitrogen and oxygen atoms in total. The lowest BCUT2D eigenvalue weighted by Gasteiger charge is -2.16. The number of anilines is 1. The van der Waals surface area contributed by atoms with Crippen molar-refractivity contribution < 1.29 is 14.5 Å². The smallest absolute Gasteiger partial charge is 0.275 e. The zero-order chi connectivity index (χ0) is 21.0. The van der Waals surface area contributed by atoms with Crippen LogP contribution in [0.25, 0.3) is 0 Å². The first-order valence-electron chi connectivity index (χ1n) is 9.01. The number of aryl methyl sites for hydroxylation is 2. The van der Waals surface area contributed by atoms with Crippen LogP contribution in [0.5, 0.6) is 11.5 Å². The monoisotopic (exact) mass is 391 g/mol. The van der Waals surface area contributed by atoms with E-state index in [0.29, 0.717) is 17.0 Å². The number of nitro benzene ring substituents is 1. The highest BCUT2D eigenvalue weighted by atomic mass is 16.6. The molecule has 0 atom stereocenters. The fourth-order valence-corrected chi connectivity index (χ4v) is 3.00. The minimum atomic E-state index is -0.708. The van der Waals surface area contributed by atoms with E-state index in [2.05, 4.69) is 5.32 Å². The molecule has 29 heavy (non-hydrogen) atoms. The summed E-state index contributed by atoms with van der Waals surface area (Å²) in [4.78, 5) is 22.2. The third kappa shape index (κ3) is 4.52. The minimum Gasteiger partial charge on any atom is -0.455 e. The largest absolute Gasteiger partial charge is 0.455 e.